The predicted octanol–water partition coefficient (Wildman–Crippen LogP) is -2.21. The average molecular weight is 307 g/mol. The van der Waals surface area contributed by atoms with Crippen LogP contribution in [-0.2, 0) is 19.2 Å². The minimum absolute atomic E-state index is 0.0256. The van der Waals surface area contributed by atoms with Gasteiger partial charge in [0, 0.05) is 12.2 Å². The van der Waals surface area contributed by atoms with Crippen molar-refractivity contribution in [1.82, 2.24) is 10.6 Å². The van der Waals surface area contributed by atoms with Crippen LogP contribution in [0.2, 0.25) is 0 Å². The van der Waals surface area contributed by atoms with Gasteiger partial charge in [-0.3, -0.25) is 19.2 Å². The number of carboxylic acids is 2. The lowest BCUT2D eigenvalue weighted by molar-refractivity contribution is -0.139. The van der Waals surface area contributed by atoms with Gasteiger partial charge in [0.15, 0.2) is 0 Å². The number of nitrogens with two attached hydrogens (primary N) is 1. The normalized spacial score (nSPS) is 13.1. The second kappa shape index (κ2) is 9.15. The summed E-state index contributed by atoms with van der Waals surface area (Å²) in [6.07, 6.45) is -0.235. The molecular weight excluding hydrogens is 290 g/mol. The van der Waals surface area contributed by atoms with Crippen molar-refractivity contribution in [1.29, 1.82) is 0 Å². The number of carbonyl (C=O) groups is 4. The number of hydrogen-bond acceptors (Lipinski definition) is 6. The van der Waals surface area contributed by atoms with Crippen molar-refractivity contribution in [2.75, 3.05) is 12.3 Å². The van der Waals surface area contributed by atoms with Crippen molar-refractivity contribution in [2.45, 2.75) is 24.9 Å². The Balaban J connectivity index is 4.21. The van der Waals surface area contributed by atoms with Crippen LogP contribution in [0, 0.1) is 0 Å². The van der Waals surface area contributed by atoms with Crippen molar-refractivity contribution in [3.63, 3.8) is 0 Å². The molecule has 0 spiro atoms. The molecule has 20 heavy (non-hydrogen) atoms. The summed E-state index contributed by atoms with van der Waals surface area (Å²) in [6, 6.07) is -2.15. The summed E-state index contributed by atoms with van der Waals surface area (Å²) in [7, 11) is 0. The summed E-state index contributed by atoms with van der Waals surface area (Å²) >= 11 is 3.87. The molecule has 10 heteroatoms. The molecule has 0 aromatic rings. The Bertz CT molecular complexity index is 389. The van der Waals surface area contributed by atoms with Crippen LogP contribution < -0.4 is 16.4 Å². The minimum atomic E-state index is -1.22. The van der Waals surface area contributed by atoms with Gasteiger partial charge in [-0.15, -0.1) is 0 Å². The van der Waals surface area contributed by atoms with Gasteiger partial charge in [-0.25, -0.2) is 0 Å². The second-order valence-electron chi connectivity index (χ2n) is 3.90. The van der Waals surface area contributed by atoms with Gasteiger partial charge in [0.25, 0.3) is 0 Å². The third-order valence-electron chi connectivity index (χ3n) is 2.25. The highest BCUT2D eigenvalue weighted by atomic mass is 32.1. The largest absolute Gasteiger partial charge is 0.480 e. The Morgan fingerprint density at radius 3 is 2.25 bits per heavy atom. The van der Waals surface area contributed by atoms with Gasteiger partial charge in [0.2, 0.25) is 11.8 Å². The van der Waals surface area contributed by atoms with Crippen molar-refractivity contribution in [3.8, 4) is 0 Å². The van der Waals surface area contributed by atoms with Crippen molar-refractivity contribution < 1.29 is 29.4 Å². The molecule has 9 nitrogen and oxygen atoms in total. The number of carboxylic acid groups (broad SMARTS) is 2. The molecule has 0 fully saturated rings. The lowest BCUT2D eigenvalue weighted by Gasteiger charge is -2.16. The third-order valence-corrected chi connectivity index (χ3v) is 2.61. The second-order valence-corrected chi connectivity index (χ2v) is 4.26. The third kappa shape index (κ3) is 7.59. The first-order valence-corrected chi connectivity index (χ1v) is 6.29. The molecular formula is C10H17N3O6S. The van der Waals surface area contributed by atoms with Crippen molar-refractivity contribution in [2.24, 2.45) is 5.73 Å². The molecule has 114 valence electrons. The highest BCUT2D eigenvalue weighted by Gasteiger charge is 2.20. The zero-order valence-corrected chi connectivity index (χ0v) is 11.4. The number of carbonyl (C=O) groups excluding carboxylic acids is 2. The highest BCUT2D eigenvalue weighted by molar-refractivity contribution is 7.80. The van der Waals surface area contributed by atoms with Crippen LogP contribution in [0.15, 0.2) is 0 Å². The topological polar surface area (TPSA) is 159 Å². The van der Waals surface area contributed by atoms with E-state index in [1.54, 1.807) is 0 Å². The van der Waals surface area contributed by atoms with E-state index in [0.29, 0.717) is 0 Å². The van der Waals surface area contributed by atoms with Crippen LogP contribution in [0.1, 0.15) is 12.8 Å². The maximum Gasteiger partial charge on any atom is 0.322 e. The van der Waals surface area contributed by atoms with Gasteiger partial charge in [-0.1, -0.05) is 0 Å². The highest BCUT2D eigenvalue weighted by Crippen LogP contribution is 1.97. The Morgan fingerprint density at radius 1 is 1.20 bits per heavy atom. The number of rotatable bonds is 9. The Hall–Kier alpha value is -1.81. The minimum Gasteiger partial charge on any atom is -0.480 e. The Labute approximate surface area is 120 Å². The SMILES string of the molecule is N[C@@H](CCC(=O)NC(CS)C(=O)NCC(=O)O)C(=O)O. The first kappa shape index (κ1) is 18.2. The summed E-state index contributed by atoms with van der Waals surface area (Å²) in [5.41, 5.74) is 5.23. The number of amides is 2. The first-order valence-electron chi connectivity index (χ1n) is 5.66. The average Bonchev–Trinajstić information content (AvgIpc) is 2.38. The molecule has 0 aromatic carbocycles. The smallest absolute Gasteiger partial charge is 0.322 e. The van der Waals surface area contributed by atoms with Crippen LogP contribution in [0.4, 0.5) is 0 Å². The zero-order chi connectivity index (χ0) is 15.7. The van der Waals surface area contributed by atoms with Crippen LogP contribution in [-0.4, -0.2) is 58.3 Å². The number of aliphatic carboxylic acids is 2. The predicted molar refractivity (Wildman–Crippen MR) is 71.3 cm³/mol. The number of nitrogens with one attached hydrogen (secondary N) is 2. The molecule has 2 amide bonds. The number of hydrogen-bond donors (Lipinski definition) is 6. The Morgan fingerprint density at radius 2 is 1.80 bits per heavy atom. The molecule has 6 N–H and O–H groups in total. The van der Waals surface area contributed by atoms with E-state index < -0.39 is 42.4 Å². The lowest BCUT2D eigenvalue weighted by Crippen LogP contribution is -2.49. The van der Waals surface area contributed by atoms with E-state index >= 15 is 0 Å². The standard InChI is InChI=1S/C10H17N3O6S/c11-5(10(18)19)1-2-7(14)13-6(4-20)9(17)12-3-8(15)16/h5-6,20H,1-4,11H2,(H,12,17)(H,13,14)(H,15,16)(H,18,19)/t5-,6?/m0/s1. The summed E-state index contributed by atoms with van der Waals surface area (Å²) < 4.78 is 0. The summed E-state index contributed by atoms with van der Waals surface area (Å²) in [5, 5.41) is 21.4. The molecule has 2 atom stereocenters. The summed E-state index contributed by atoms with van der Waals surface area (Å²) in [4.78, 5) is 43.7. The van der Waals surface area contributed by atoms with Gasteiger partial charge >= 0.3 is 11.9 Å². The van der Waals surface area contributed by atoms with E-state index in [0.717, 1.165) is 0 Å². The maximum atomic E-state index is 11.5. The van der Waals surface area contributed by atoms with Gasteiger partial charge in [-0.2, -0.15) is 12.6 Å². The van der Waals surface area contributed by atoms with E-state index in [4.69, 9.17) is 15.9 Å². The van der Waals surface area contributed by atoms with E-state index in [9.17, 15) is 19.2 Å². The quantitative estimate of drug-likeness (QED) is 0.263. The van der Waals surface area contributed by atoms with E-state index in [2.05, 4.69) is 23.3 Å². The molecule has 0 aliphatic carbocycles. The molecule has 0 saturated carbocycles. The first-order chi connectivity index (χ1) is 9.27. The van der Waals surface area contributed by atoms with Gasteiger partial charge in [0.05, 0.1) is 0 Å². The zero-order valence-electron chi connectivity index (χ0n) is 10.5. The fraction of sp³-hybridized carbons (Fsp3) is 0.600. The van der Waals surface area contributed by atoms with Gasteiger partial charge < -0.3 is 26.6 Å². The lowest BCUT2D eigenvalue weighted by atomic mass is 10.1. The molecule has 0 heterocycles. The molecule has 0 aliphatic heterocycles. The van der Waals surface area contributed by atoms with Crippen molar-refractivity contribution >= 4 is 36.4 Å². The van der Waals surface area contributed by atoms with Gasteiger partial charge in [-0.05, 0) is 6.42 Å². The van der Waals surface area contributed by atoms with E-state index in [-0.39, 0.29) is 18.6 Å². The molecule has 0 bridgehead atoms. The molecule has 0 rings (SSSR count). The van der Waals surface area contributed by atoms with Crippen LogP contribution >= 0.6 is 12.6 Å². The fourth-order valence-corrected chi connectivity index (χ4v) is 1.41. The molecule has 1 unspecified atom stereocenters. The number of thiol groups is 1. The monoisotopic (exact) mass is 307 g/mol. The van der Waals surface area contributed by atoms with Crippen molar-refractivity contribution in [3.05, 3.63) is 0 Å². The van der Waals surface area contributed by atoms with E-state index in [1.165, 1.54) is 0 Å². The summed E-state index contributed by atoms with van der Waals surface area (Å²) in [6.45, 7) is -0.567. The molecule has 0 aromatic heterocycles. The molecule has 0 aliphatic rings. The molecule has 0 radical (unpaired) electrons. The van der Waals surface area contributed by atoms with Crippen LogP contribution in [0.25, 0.3) is 0 Å². The van der Waals surface area contributed by atoms with Gasteiger partial charge in [0.1, 0.15) is 18.6 Å². The molecule has 0 saturated heterocycles. The fourth-order valence-electron chi connectivity index (χ4n) is 1.16. The van der Waals surface area contributed by atoms with Crippen LogP contribution in [0.3, 0.4) is 0 Å². The summed E-state index contributed by atoms with van der Waals surface area (Å²) in [5.74, 6) is -3.70. The Kier molecular flexibility index (Phi) is 8.32. The van der Waals surface area contributed by atoms with E-state index in [1.807, 2.05) is 0 Å². The maximum absolute atomic E-state index is 11.5. The van der Waals surface area contributed by atoms with Crippen LogP contribution in [0.5, 0.6) is 0 Å².